The second-order valence-corrected chi connectivity index (χ2v) is 7.87. The van der Waals surface area contributed by atoms with Crippen LogP contribution < -0.4 is 5.32 Å². The third-order valence-electron chi connectivity index (χ3n) is 2.79. The summed E-state index contributed by atoms with van der Waals surface area (Å²) in [5.41, 5.74) is 0. The van der Waals surface area contributed by atoms with Crippen LogP contribution in [-0.2, 0) is 14.6 Å². The van der Waals surface area contributed by atoms with Gasteiger partial charge in [0.15, 0.2) is 9.84 Å². The van der Waals surface area contributed by atoms with Crippen molar-refractivity contribution < 1.29 is 13.2 Å². The van der Waals surface area contributed by atoms with Crippen molar-refractivity contribution in [1.82, 2.24) is 5.32 Å². The monoisotopic (exact) mass is 233 g/mol. The van der Waals surface area contributed by atoms with Gasteiger partial charge in [-0.15, -0.1) is 0 Å². The lowest BCUT2D eigenvalue weighted by molar-refractivity contribution is -0.123. The summed E-state index contributed by atoms with van der Waals surface area (Å²) in [6, 6.07) is 0. The van der Waals surface area contributed by atoms with Crippen molar-refractivity contribution in [2.45, 2.75) is 31.9 Å². The highest BCUT2D eigenvalue weighted by molar-refractivity contribution is 7.92. The first kappa shape index (κ1) is 12.6. The molecule has 0 aromatic rings. The second kappa shape index (κ2) is 4.22. The minimum Gasteiger partial charge on any atom is -0.315 e. The molecule has 1 saturated heterocycles. The fourth-order valence-corrected chi connectivity index (χ4v) is 2.34. The minimum absolute atomic E-state index is 0.0220. The van der Waals surface area contributed by atoms with Crippen LogP contribution in [0.3, 0.4) is 0 Å². The predicted molar refractivity (Wildman–Crippen MR) is 59.5 cm³/mol. The summed E-state index contributed by atoms with van der Waals surface area (Å²) in [7, 11) is -3.15. The maximum absolute atomic E-state index is 11.7. The van der Waals surface area contributed by atoms with Gasteiger partial charge in [0.2, 0.25) is 0 Å². The highest BCUT2D eigenvalue weighted by Gasteiger charge is 2.31. The molecule has 0 aromatic carbocycles. The van der Waals surface area contributed by atoms with Gasteiger partial charge in [-0.05, 0) is 20.8 Å². The van der Waals surface area contributed by atoms with Crippen LogP contribution in [0.4, 0.5) is 0 Å². The van der Waals surface area contributed by atoms with Crippen molar-refractivity contribution in [1.29, 1.82) is 0 Å². The van der Waals surface area contributed by atoms with Crippen LogP contribution in [0.2, 0.25) is 0 Å². The molecule has 1 rings (SSSR count). The summed E-state index contributed by atoms with van der Waals surface area (Å²) in [5.74, 6) is 0.0907. The van der Waals surface area contributed by atoms with Crippen LogP contribution in [0.1, 0.15) is 27.2 Å². The van der Waals surface area contributed by atoms with E-state index in [0.29, 0.717) is 13.1 Å². The molecule has 88 valence electrons. The van der Waals surface area contributed by atoms with Crippen LogP contribution in [0.15, 0.2) is 0 Å². The van der Waals surface area contributed by atoms with Crippen molar-refractivity contribution in [3.8, 4) is 0 Å². The number of nitrogens with one attached hydrogen (secondary N) is 1. The molecule has 1 fully saturated rings. The smallest absolute Gasteiger partial charge is 0.155 e. The van der Waals surface area contributed by atoms with E-state index in [1.54, 1.807) is 20.8 Å². The zero-order valence-electron chi connectivity index (χ0n) is 9.54. The van der Waals surface area contributed by atoms with Crippen LogP contribution in [0, 0.1) is 5.92 Å². The van der Waals surface area contributed by atoms with Gasteiger partial charge in [0, 0.05) is 25.4 Å². The summed E-state index contributed by atoms with van der Waals surface area (Å²) >= 11 is 0. The number of sulfone groups is 1. The number of ketones is 1. The van der Waals surface area contributed by atoms with Crippen LogP contribution >= 0.6 is 0 Å². The van der Waals surface area contributed by atoms with Gasteiger partial charge in [-0.2, -0.15) is 0 Å². The normalized spacial score (nSPS) is 18.6. The summed E-state index contributed by atoms with van der Waals surface area (Å²) < 4.78 is 22.7. The largest absolute Gasteiger partial charge is 0.315 e. The molecule has 1 aliphatic heterocycles. The van der Waals surface area contributed by atoms with Gasteiger partial charge in [-0.25, -0.2) is 8.42 Å². The van der Waals surface area contributed by atoms with Gasteiger partial charge in [-0.1, -0.05) is 0 Å². The Bertz CT molecular complexity index is 336. The Morgan fingerprint density at radius 1 is 1.33 bits per heavy atom. The Labute approximate surface area is 91.4 Å². The quantitative estimate of drug-likeness (QED) is 0.762. The molecular formula is C10H19NO3S. The van der Waals surface area contributed by atoms with Gasteiger partial charge in [-0.3, -0.25) is 4.79 Å². The lowest BCUT2D eigenvalue weighted by atomic mass is 9.97. The Hall–Kier alpha value is -0.420. The molecule has 1 heterocycles. The lowest BCUT2D eigenvalue weighted by Crippen LogP contribution is -2.47. The predicted octanol–water partition coefficient (Wildman–Crippen LogP) is 0.378. The first-order valence-electron chi connectivity index (χ1n) is 5.20. The molecular weight excluding hydrogens is 214 g/mol. The van der Waals surface area contributed by atoms with E-state index in [4.69, 9.17) is 0 Å². The summed E-state index contributed by atoms with van der Waals surface area (Å²) in [4.78, 5) is 11.5. The summed E-state index contributed by atoms with van der Waals surface area (Å²) in [6.45, 7) is 6.40. The van der Waals surface area contributed by atoms with Gasteiger partial charge < -0.3 is 5.32 Å². The Kier molecular flexibility index (Phi) is 3.55. The zero-order chi connectivity index (χ0) is 11.7. The second-order valence-electron chi connectivity index (χ2n) is 5.00. The van der Waals surface area contributed by atoms with Gasteiger partial charge >= 0.3 is 0 Å². The van der Waals surface area contributed by atoms with Gasteiger partial charge in [0.05, 0.1) is 10.5 Å². The fraction of sp³-hybridized carbons (Fsp3) is 0.900. The molecule has 1 aliphatic rings. The van der Waals surface area contributed by atoms with Crippen molar-refractivity contribution >= 4 is 15.6 Å². The van der Waals surface area contributed by atoms with Gasteiger partial charge in [0.25, 0.3) is 0 Å². The summed E-state index contributed by atoms with van der Waals surface area (Å²) in [6.07, 6.45) is 0.159. The van der Waals surface area contributed by atoms with Crippen molar-refractivity contribution in [3.05, 3.63) is 0 Å². The number of Topliss-reactive ketones (excluding diaryl/α,β-unsaturated/α-hetero) is 1. The first-order chi connectivity index (χ1) is 6.74. The van der Waals surface area contributed by atoms with Crippen LogP contribution in [0.25, 0.3) is 0 Å². The number of rotatable bonds is 4. The Morgan fingerprint density at radius 2 is 1.87 bits per heavy atom. The standard InChI is InChI=1S/C10H19NO3S/c1-10(2,3)15(13,14)5-4-9(12)8-6-11-7-8/h8,11H,4-7H2,1-3H3. The molecule has 5 heteroatoms. The molecule has 0 radical (unpaired) electrons. The topological polar surface area (TPSA) is 63.2 Å². The molecule has 0 amide bonds. The average molecular weight is 233 g/mol. The molecule has 0 saturated carbocycles. The SMILES string of the molecule is CC(C)(C)S(=O)(=O)CCC(=O)C1CNC1. The van der Waals surface area contributed by atoms with Gasteiger partial charge in [0.1, 0.15) is 5.78 Å². The Balaban J connectivity index is 2.46. The first-order valence-corrected chi connectivity index (χ1v) is 6.85. The molecule has 0 bridgehead atoms. The van der Waals surface area contributed by atoms with Crippen LogP contribution in [-0.4, -0.2) is 37.8 Å². The number of carbonyl (C=O) groups is 1. The minimum atomic E-state index is -3.15. The molecule has 0 unspecified atom stereocenters. The van der Waals surface area contributed by atoms with Crippen molar-refractivity contribution in [2.75, 3.05) is 18.8 Å². The number of hydrogen-bond donors (Lipinski definition) is 1. The maximum Gasteiger partial charge on any atom is 0.155 e. The highest BCUT2D eigenvalue weighted by Crippen LogP contribution is 2.18. The van der Waals surface area contributed by atoms with E-state index in [1.807, 2.05) is 0 Å². The number of carbonyl (C=O) groups excluding carboxylic acids is 1. The fourth-order valence-electron chi connectivity index (χ4n) is 1.26. The summed E-state index contributed by atoms with van der Waals surface area (Å²) in [5, 5.41) is 3.00. The molecule has 4 nitrogen and oxygen atoms in total. The lowest BCUT2D eigenvalue weighted by Gasteiger charge is -2.26. The van der Waals surface area contributed by atoms with Crippen LogP contribution in [0.5, 0.6) is 0 Å². The van der Waals surface area contributed by atoms with E-state index in [-0.39, 0.29) is 23.9 Å². The maximum atomic E-state index is 11.7. The van der Waals surface area contributed by atoms with E-state index in [9.17, 15) is 13.2 Å². The molecule has 15 heavy (non-hydrogen) atoms. The Morgan fingerprint density at radius 3 is 2.20 bits per heavy atom. The van der Waals surface area contributed by atoms with E-state index in [0.717, 1.165) is 0 Å². The van der Waals surface area contributed by atoms with E-state index < -0.39 is 14.6 Å². The third-order valence-corrected chi connectivity index (χ3v) is 5.39. The average Bonchev–Trinajstić information content (AvgIpc) is 1.95. The van der Waals surface area contributed by atoms with E-state index in [1.165, 1.54) is 0 Å². The molecule has 0 aromatic heterocycles. The molecule has 0 aliphatic carbocycles. The zero-order valence-corrected chi connectivity index (χ0v) is 10.4. The van der Waals surface area contributed by atoms with Crippen molar-refractivity contribution in [2.24, 2.45) is 5.92 Å². The molecule has 0 spiro atoms. The molecule has 0 atom stereocenters. The molecule has 1 N–H and O–H groups in total. The highest BCUT2D eigenvalue weighted by atomic mass is 32.2. The van der Waals surface area contributed by atoms with Crippen molar-refractivity contribution in [3.63, 3.8) is 0 Å². The van der Waals surface area contributed by atoms with E-state index in [2.05, 4.69) is 5.32 Å². The van der Waals surface area contributed by atoms with E-state index >= 15 is 0 Å². The number of hydrogen-bond acceptors (Lipinski definition) is 4. The third kappa shape index (κ3) is 3.01.